The second-order valence-corrected chi connectivity index (χ2v) is 7.98. The summed E-state index contributed by atoms with van der Waals surface area (Å²) in [4.78, 5) is 38.9. The van der Waals surface area contributed by atoms with E-state index in [0.717, 1.165) is 48.9 Å². The Morgan fingerprint density at radius 3 is 2.57 bits per heavy atom. The van der Waals surface area contributed by atoms with Gasteiger partial charge in [0.15, 0.2) is 17.0 Å². The van der Waals surface area contributed by atoms with Crippen LogP contribution < -0.4 is 4.90 Å². The van der Waals surface area contributed by atoms with Crippen LogP contribution in [-0.4, -0.2) is 80.2 Å². The molecule has 2 saturated heterocycles. The summed E-state index contributed by atoms with van der Waals surface area (Å²) in [6, 6.07) is 0. The zero-order valence-electron chi connectivity index (χ0n) is 17.1. The van der Waals surface area contributed by atoms with Gasteiger partial charge in [0.25, 0.3) is 5.91 Å². The Bertz CT molecular complexity index is 1050. The number of nitrogens with zero attached hydrogens (tertiary/aromatic N) is 8. The number of methoxy groups -OCH3 is 1. The maximum atomic E-state index is 12.8. The summed E-state index contributed by atoms with van der Waals surface area (Å²) in [5.41, 5.74) is 2.86. The van der Waals surface area contributed by atoms with Crippen molar-refractivity contribution in [3.63, 3.8) is 0 Å². The van der Waals surface area contributed by atoms with Gasteiger partial charge >= 0.3 is 0 Å². The van der Waals surface area contributed by atoms with Crippen molar-refractivity contribution in [1.29, 1.82) is 0 Å². The Hall–Kier alpha value is -3.14. The fraction of sp³-hybridized carbons (Fsp3) is 0.500. The summed E-state index contributed by atoms with van der Waals surface area (Å²) >= 11 is 0. The smallest absolute Gasteiger partial charge is 0.274 e. The number of likely N-dealkylation sites (tertiary alicyclic amines) is 1. The molecule has 0 spiro atoms. The molecule has 0 bridgehead atoms. The second-order valence-electron chi connectivity index (χ2n) is 7.98. The SMILES string of the molecule is COCCn1cnc2c(N3CC4CN(C(=O)c5cnc(C)cn5)CC4C3)ncnc21. The van der Waals surface area contributed by atoms with E-state index < -0.39 is 0 Å². The van der Waals surface area contributed by atoms with Gasteiger partial charge in [-0.05, 0) is 6.92 Å². The number of hydrogen-bond donors (Lipinski definition) is 0. The van der Waals surface area contributed by atoms with Crippen LogP contribution in [0.3, 0.4) is 0 Å². The van der Waals surface area contributed by atoms with E-state index in [0.29, 0.717) is 30.7 Å². The van der Waals surface area contributed by atoms with E-state index in [-0.39, 0.29) is 5.91 Å². The fourth-order valence-corrected chi connectivity index (χ4v) is 4.45. The van der Waals surface area contributed by atoms with Crippen molar-refractivity contribution in [3.05, 3.63) is 36.4 Å². The third-order valence-corrected chi connectivity index (χ3v) is 5.99. The molecule has 10 heteroatoms. The lowest BCUT2D eigenvalue weighted by Crippen LogP contribution is -2.34. The molecule has 2 aliphatic rings. The summed E-state index contributed by atoms with van der Waals surface area (Å²) in [7, 11) is 1.68. The highest BCUT2D eigenvalue weighted by molar-refractivity contribution is 5.92. The first-order chi connectivity index (χ1) is 14.6. The largest absolute Gasteiger partial charge is 0.383 e. The molecule has 0 radical (unpaired) electrons. The lowest BCUT2D eigenvalue weighted by atomic mass is 10.0. The van der Waals surface area contributed by atoms with E-state index >= 15 is 0 Å². The van der Waals surface area contributed by atoms with Gasteiger partial charge in [-0.25, -0.2) is 19.9 Å². The summed E-state index contributed by atoms with van der Waals surface area (Å²) in [6.07, 6.45) is 6.60. The molecule has 2 unspecified atom stereocenters. The molecule has 156 valence electrons. The number of amides is 1. The molecule has 2 aliphatic heterocycles. The van der Waals surface area contributed by atoms with E-state index in [1.165, 1.54) is 0 Å². The van der Waals surface area contributed by atoms with Crippen molar-refractivity contribution in [2.24, 2.45) is 11.8 Å². The molecule has 5 heterocycles. The summed E-state index contributed by atoms with van der Waals surface area (Å²) < 4.78 is 7.16. The third-order valence-electron chi connectivity index (χ3n) is 5.99. The number of ether oxygens (including phenoxy) is 1. The van der Waals surface area contributed by atoms with Crippen LogP contribution in [-0.2, 0) is 11.3 Å². The number of aromatic nitrogens is 6. The van der Waals surface area contributed by atoms with E-state index in [1.807, 2.05) is 16.4 Å². The van der Waals surface area contributed by atoms with Gasteiger partial charge in [-0.2, -0.15) is 0 Å². The van der Waals surface area contributed by atoms with Crippen LogP contribution in [0, 0.1) is 18.8 Å². The molecular formula is C20H24N8O2. The second kappa shape index (κ2) is 7.60. The molecule has 2 fully saturated rings. The average Bonchev–Trinajstić information content (AvgIpc) is 3.45. The van der Waals surface area contributed by atoms with Crippen LogP contribution in [0.1, 0.15) is 16.2 Å². The average molecular weight is 408 g/mol. The van der Waals surface area contributed by atoms with Gasteiger partial charge in [-0.15, -0.1) is 0 Å². The zero-order valence-corrected chi connectivity index (χ0v) is 17.1. The number of fused-ring (bicyclic) bond motifs is 2. The van der Waals surface area contributed by atoms with Gasteiger partial charge in [0, 0.05) is 57.9 Å². The lowest BCUT2D eigenvalue weighted by Gasteiger charge is -2.22. The van der Waals surface area contributed by atoms with Crippen LogP contribution in [0.4, 0.5) is 5.82 Å². The first kappa shape index (κ1) is 18.9. The summed E-state index contributed by atoms with van der Waals surface area (Å²) in [5.74, 6) is 1.65. The third kappa shape index (κ3) is 3.26. The summed E-state index contributed by atoms with van der Waals surface area (Å²) in [6.45, 7) is 6.33. The zero-order chi connectivity index (χ0) is 20.7. The van der Waals surface area contributed by atoms with Crippen LogP contribution in [0.15, 0.2) is 25.0 Å². The fourth-order valence-electron chi connectivity index (χ4n) is 4.45. The van der Waals surface area contributed by atoms with Crippen LogP contribution in [0.2, 0.25) is 0 Å². The standard InChI is InChI=1S/C20H24N8O2/c1-13-5-22-16(6-21-13)20(29)28-9-14-7-27(8-15(14)10-28)19-17-18(23-11-24-19)26(12-25-17)3-4-30-2/h5-6,11-12,14-15H,3-4,7-10H2,1-2H3. The molecule has 10 nitrogen and oxygen atoms in total. The quantitative estimate of drug-likeness (QED) is 0.610. The van der Waals surface area contributed by atoms with E-state index in [2.05, 4.69) is 29.8 Å². The predicted molar refractivity (Wildman–Crippen MR) is 109 cm³/mol. The van der Waals surface area contributed by atoms with Crippen LogP contribution in [0.25, 0.3) is 11.2 Å². The molecule has 3 aromatic heterocycles. The summed E-state index contributed by atoms with van der Waals surface area (Å²) in [5, 5.41) is 0. The van der Waals surface area contributed by atoms with Crippen molar-refractivity contribution in [3.8, 4) is 0 Å². The lowest BCUT2D eigenvalue weighted by molar-refractivity contribution is 0.0776. The highest BCUT2D eigenvalue weighted by Crippen LogP contribution is 2.35. The Labute approximate surface area is 173 Å². The van der Waals surface area contributed by atoms with E-state index in [1.54, 1.807) is 32.2 Å². The van der Waals surface area contributed by atoms with Crippen LogP contribution in [0.5, 0.6) is 0 Å². The maximum Gasteiger partial charge on any atom is 0.274 e. The Morgan fingerprint density at radius 1 is 1.07 bits per heavy atom. The molecular weight excluding hydrogens is 384 g/mol. The topological polar surface area (TPSA) is 102 Å². The molecule has 0 saturated carbocycles. The van der Waals surface area contributed by atoms with Crippen LogP contribution >= 0.6 is 0 Å². The Kier molecular flexibility index (Phi) is 4.78. The first-order valence-corrected chi connectivity index (χ1v) is 10.1. The maximum absolute atomic E-state index is 12.8. The van der Waals surface area contributed by atoms with Crippen molar-refractivity contribution >= 4 is 22.9 Å². The number of rotatable bonds is 5. The van der Waals surface area contributed by atoms with Crippen molar-refractivity contribution in [2.75, 3.05) is 44.8 Å². The Balaban J connectivity index is 1.29. The number of imidazole rings is 1. The van der Waals surface area contributed by atoms with E-state index in [9.17, 15) is 4.79 Å². The monoisotopic (exact) mass is 408 g/mol. The molecule has 5 rings (SSSR count). The molecule has 0 aromatic carbocycles. The van der Waals surface area contributed by atoms with Gasteiger partial charge in [0.2, 0.25) is 0 Å². The van der Waals surface area contributed by atoms with E-state index in [4.69, 9.17) is 4.74 Å². The minimum Gasteiger partial charge on any atom is -0.383 e. The highest BCUT2D eigenvalue weighted by atomic mass is 16.5. The predicted octanol–water partition coefficient (Wildman–Crippen LogP) is 0.780. The van der Waals surface area contributed by atoms with Crippen molar-refractivity contribution in [2.45, 2.75) is 13.5 Å². The molecule has 30 heavy (non-hydrogen) atoms. The molecule has 1 amide bonds. The molecule has 0 N–H and O–H groups in total. The van der Waals surface area contributed by atoms with Gasteiger partial charge in [0.1, 0.15) is 12.0 Å². The first-order valence-electron chi connectivity index (χ1n) is 10.1. The molecule has 2 atom stereocenters. The van der Waals surface area contributed by atoms with Gasteiger partial charge in [-0.1, -0.05) is 0 Å². The highest BCUT2D eigenvalue weighted by Gasteiger charge is 2.43. The minimum atomic E-state index is -0.0373. The van der Waals surface area contributed by atoms with Gasteiger partial charge in [0.05, 0.1) is 24.8 Å². The number of anilines is 1. The molecule has 3 aromatic rings. The Morgan fingerprint density at radius 2 is 1.87 bits per heavy atom. The van der Waals surface area contributed by atoms with Crippen molar-refractivity contribution < 1.29 is 9.53 Å². The number of carbonyl (C=O) groups is 1. The number of aryl methyl sites for hydroxylation is 1. The number of carbonyl (C=O) groups excluding carboxylic acids is 1. The molecule has 0 aliphatic carbocycles. The van der Waals surface area contributed by atoms with Gasteiger partial charge < -0.3 is 19.1 Å². The normalized spacial score (nSPS) is 20.9. The number of hydrogen-bond acceptors (Lipinski definition) is 8. The van der Waals surface area contributed by atoms with Crippen molar-refractivity contribution in [1.82, 2.24) is 34.4 Å². The van der Waals surface area contributed by atoms with Gasteiger partial charge in [-0.3, -0.25) is 9.78 Å². The minimum absolute atomic E-state index is 0.0373.